The average Bonchev–Trinajstić information content (AvgIpc) is 2.94. The highest BCUT2D eigenvalue weighted by molar-refractivity contribution is 5.59. The van der Waals surface area contributed by atoms with Crippen LogP contribution in [0.25, 0.3) is 0 Å². The molecule has 4 aromatic rings. The summed E-state index contributed by atoms with van der Waals surface area (Å²) in [6.07, 6.45) is 3.02. The minimum atomic E-state index is 0.0818. The van der Waals surface area contributed by atoms with Gasteiger partial charge < -0.3 is 15.7 Å². The van der Waals surface area contributed by atoms with Gasteiger partial charge in [0.25, 0.3) is 0 Å². The minimum absolute atomic E-state index is 0.0818. The third-order valence-corrected chi connectivity index (χ3v) is 7.35. The second-order valence-electron chi connectivity index (χ2n) is 11.1. The quantitative estimate of drug-likeness (QED) is 0.131. The molecule has 0 bridgehead atoms. The number of rotatable bonds is 15. The summed E-state index contributed by atoms with van der Waals surface area (Å²) in [5, 5.41) is 22.0. The zero-order chi connectivity index (χ0) is 29.0. The second-order valence-corrected chi connectivity index (χ2v) is 11.1. The van der Waals surface area contributed by atoms with Crippen molar-refractivity contribution in [1.29, 1.82) is 0 Å². The average molecular weight is 551 g/mol. The number of nitrogens with one attached hydrogen (secondary N) is 2. The molecule has 5 heteroatoms. The van der Waals surface area contributed by atoms with Gasteiger partial charge in [-0.3, -0.25) is 10.0 Å². The molecule has 0 aliphatic carbocycles. The number of hydrogen-bond donors (Lipinski definition) is 3. The Morgan fingerprint density at radius 3 is 1.68 bits per heavy atom. The Labute approximate surface area is 246 Å². The number of hydrazine groups is 1. The first kappa shape index (κ1) is 30.0. The summed E-state index contributed by atoms with van der Waals surface area (Å²) < 4.78 is 0. The maximum atomic E-state index is 10.0. The van der Waals surface area contributed by atoms with Gasteiger partial charge in [-0.15, -0.1) is 0 Å². The molecule has 41 heavy (non-hydrogen) atoms. The van der Waals surface area contributed by atoms with Gasteiger partial charge in [0.2, 0.25) is 0 Å². The van der Waals surface area contributed by atoms with E-state index in [1.807, 2.05) is 0 Å². The van der Waals surface area contributed by atoms with Gasteiger partial charge >= 0.3 is 0 Å². The number of nitrogens with zero attached hydrogens (tertiary/aromatic N) is 2. The third kappa shape index (κ3) is 9.29. The Kier molecular flexibility index (Phi) is 11.1. The molecular formula is C36H46N4O. The summed E-state index contributed by atoms with van der Waals surface area (Å²) in [7, 11) is 0. The first-order valence-corrected chi connectivity index (χ1v) is 14.8. The van der Waals surface area contributed by atoms with Crippen molar-refractivity contribution in [1.82, 2.24) is 0 Å². The van der Waals surface area contributed by atoms with Crippen LogP contribution in [0.3, 0.4) is 0 Å². The van der Waals surface area contributed by atoms with Crippen LogP contribution in [-0.4, -0.2) is 37.4 Å². The molecule has 4 aromatic carbocycles. The van der Waals surface area contributed by atoms with Gasteiger partial charge in [-0.25, -0.2) is 0 Å². The largest absolute Gasteiger partial charge is 0.394 e. The maximum Gasteiger partial charge on any atom is 0.0628 e. The molecule has 4 rings (SSSR count). The van der Waals surface area contributed by atoms with E-state index in [1.54, 1.807) is 0 Å². The summed E-state index contributed by atoms with van der Waals surface area (Å²) in [5.74, 6) is 0. The fourth-order valence-corrected chi connectivity index (χ4v) is 5.34. The number of aliphatic hydroxyl groups is 1. The van der Waals surface area contributed by atoms with E-state index in [4.69, 9.17) is 0 Å². The van der Waals surface area contributed by atoms with Crippen molar-refractivity contribution in [2.45, 2.75) is 53.0 Å². The van der Waals surface area contributed by atoms with Crippen molar-refractivity contribution in [3.8, 4) is 0 Å². The Balaban J connectivity index is 1.50. The lowest BCUT2D eigenvalue weighted by Gasteiger charge is -2.39. The van der Waals surface area contributed by atoms with Crippen LogP contribution in [-0.2, 0) is 0 Å². The predicted molar refractivity (Wildman–Crippen MR) is 176 cm³/mol. The molecule has 1 unspecified atom stereocenters. The Bertz CT molecular complexity index is 1370. The van der Waals surface area contributed by atoms with Crippen LogP contribution in [0.15, 0.2) is 97.1 Å². The van der Waals surface area contributed by atoms with Gasteiger partial charge in [0.15, 0.2) is 0 Å². The lowest BCUT2D eigenvalue weighted by atomic mass is 10.1. The zero-order valence-electron chi connectivity index (χ0n) is 25.1. The van der Waals surface area contributed by atoms with Gasteiger partial charge in [0.1, 0.15) is 0 Å². The summed E-state index contributed by atoms with van der Waals surface area (Å²) in [5.41, 5.74) is 9.53. The molecule has 1 atom stereocenters. The van der Waals surface area contributed by atoms with Gasteiger partial charge in [0.05, 0.1) is 24.5 Å². The first-order chi connectivity index (χ1) is 19.9. The normalized spacial score (nSPS) is 11.6. The van der Waals surface area contributed by atoms with Crippen LogP contribution in [0.2, 0.25) is 0 Å². The van der Waals surface area contributed by atoms with Crippen molar-refractivity contribution >= 4 is 22.7 Å². The Hall–Kier alpha value is -3.96. The highest BCUT2D eigenvalue weighted by atomic mass is 16.3. The number of aryl methyl sites for hydroxylation is 4. The molecule has 0 aliphatic heterocycles. The van der Waals surface area contributed by atoms with Gasteiger partial charge in [-0.2, -0.15) is 0 Å². The van der Waals surface area contributed by atoms with Crippen LogP contribution in [0.5, 0.6) is 0 Å². The molecule has 5 nitrogen and oxygen atoms in total. The van der Waals surface area contributed by atoms with E-state index in [2.05, 4.69) is 145 Å². The third-order valence-electron chi connectivity index (χ3n) is 7.35. The van der Waals surface area contributed by atoms with E-state index in [-0.39, 0.29) is 6.61 Å². The van der Waals surface area contributed by atoms with Gasteiger partial charge in [-0.1, -0.05) is 48.5 Å². The van der Waals surface area contributed by atoms with Gasteiger partial charge in [-0.05, 0) is 118 Å². The van der Waals surface area contributed by atoms with E-state index in [1.165, 1.54) is 33.6 Å². The molecule has 0 amide bonds. The smallest absolute Gasteiger partial charge is 0.0628 e. The molecular weight excluding hydrogens is 504 g/mol. The molecule has 0 radical (unpaired) electrons. The molecule has 0 spiro atoms. The van der Waals surface area contributed by atoms with E-state index in [0.29, 0.717) is 12.6 Å². The molecule has 216 valence electrons. The van der Waals surface area contributed by atoms with Crippen molar-refractivity contribution in [2.75, 3.05) is 46.9 Å². The second kappa shape index (κ2) is 15.2. The van der Waals surface area contributed by atoms with Crippen LogP contribution < -0.4 is 20.7 Å². The Morgan fingerprint density at radius 1 is 0.610 bits per heavy atom. The van der Waals surface area contributed by atoms with Crippen molar-refractivity contribution < 1.29 is 5.11 Å². The molecule has 0 fully saturated rings. The molecule has 0 aromatic heterocycles. The minimum Gasteiger partial charge on any atom is -0.394 e. The highest BCUT2D eigenvalue weighted by Gasteiger charge is 2.18. The molecule has 0 aliphatic rings. The molecule has 3 N–H and O–H groups in total. The van der Waals surface area contributed by atoms with Crippen LogP contribution >= 0.6 is 0 Å². The number of aliphatic hydroxyl groups excluding tert-OH is 1. The van der Waals surface area contributed by atoms with Crippen LogP contribution in [0.4, 0.5) is 22.7 Å². The van der Waals surface area contributed by atoms with Crippen molar-refractivity contribution in [3.05, 3.63) is 119 Å². The summed E-state index contributed by atoms with van der Waals surface area (Å²) in [4.78, 5) is 0. The molecule has 0 saturated heterocycles. The fraction of sp³-hybridized carbons (Fsp3) is 0.333. The van der Waals surface area contributed by atoms with E-state index in [0.717, 1.165) is 43.7 Å². The summed E-state index contributed by atoms with van der Waals surface area (Å²) in [6.45, 7) is 10.9. The number of anilines is 4. The lowest BCUT2D eigenvalue weighted by molar-refractivity contribution is 0.300. The topological polar surface area (TPSA) is 50.8 Å². The fourth-order valence-electron chi connectivity index (χ4n) is 5.34. The standard InChI is InChI=1S/C36H46N4O/c1-28-10-5-14-33(24-28)37-20-19-32(38-34-15-6-11-29(2)25-34)16-9-21-39(35-17-7-12-30(3)26-35)40(22-23-41)36-18-8-13-31(4)27-36/h5-8,10-15,17-18,24-27,32,37-38,41H,9,16,19-23H2,1-4H3. The van der Waals surface area contributed by atoms with Crippen LogP contribution in [0.1, 0.15) is 41.5 Å². The van der Waals surface area contributed by atoms with E-state index in [9.17, 15) is 5.11 Å². The number of benzene rings is 4. The highest BCUT2D eigenvalue weighted by Crippen LogP contribution is 2.26. The molecule has 0 heterocycles. The van der Waals surface area contributed by atoms with Crippen molar-refractivity contribution in [3.63, 3.8) is 0 Å². The summed E-state index contributed by atoms with van der Waals surface area (Å²) >= 11 is 0. The monoisotopic (exact) mass is 550 g/mol. The number of hydrogen-bond acceptors (Lipinski definition) is 5. The van der Waals surface area contributed by atoms with E-state index < -0.39 is 0 Å². The first-order valence-electron chi connectivity index (χ1n) is 14.8. The Morgan fingerprint density at radius 2 is 1.12 bits per heavy atom. The van der Waals surface area contributed by atoms with Crippen molar-refractivity contribution in [2.24, 2.45) is 0 Å². The molecule has 0 saturated carbocycles. The maximum absolute atomic E-state index is 10.0. The van der Waals surface area contributed by atoms with E-state index >= 15 is 0 Å². The predicted octanol–water partition coefficient (Wildman–Crippen LogP) is 7.90. The zero-order valence-corrected chi connectivity index (χ0v) is 25.1. The lowest BCUT2D eigenvalue weighted by Crippen LogP contribution is -2.45. The SMILES string of the molecule is Cc1cccc(NCCC(CCCN(c2cccc(C)c2)N(CCO)c2cccc(C)c2)Nc2cccc(C)c2)c1. The van der Waals surface area contributed by atoms with Crippen LogP contribution in [0, 0.1) is 27.7 Å². The van der Waals surface area contributed by atoms with Gasteiger partial charge in [0, 0.05) is 30.5 Å². The summed E-state index contributed by atoms with van der Waals surface area (Å²) in [6, 6.07) is 34.7.